The lowest BCUT2D eigenvalue weighted by atomic mass is 9.58. The predicted octanol–water partition coefficient (Wildman–Crippen LogP) is 3.14. The van der Waals surface area contributed by atoms with E-state index in [1.807, 2.05) is 0 Å². The molecule has 1 saturated carbocycles. The third-order valence-electron chi connectivity index (χ3n) is 5.51. The summed E-state index contributed by atoms with van der Waals surface area (Å²) in [5.41, 5.74) is 2.05. The maximum absolute atomic E-state index is 4.17. The minimum absolute atomic E-state index is 0.443. The molecule has 2 aliphatic carbocycles. The molecule has 98 valence electrons. The van der Waals surface area contributed by atoms with Gasteiger partial charge in [0.05, 0.1) is 6.04 Å². The van der Waals surface area contributed by atoms with Crippen molar-refractivity contribution in [3.8, 4) is 0 Å². The number of quaternary nitrogens is 1. The smallest absolute Gasteiger partial charge is 0.0746 e. The number of allylic oxidation sites excluding steroid dienone is 1. The van der Waals surface area contributed by atoms with Gasteiger partial charge in [-0.15, -0.1) is 0 Å². The molecule has 2 aliphatic rings. The first-order valence-corrected chi connectivity index (χ1v) is 7.32. The van der Waals surface area contributed by atoms with E-state index in [9.17, 15) is 0 Å². The van der Waals surface area contributed by atoms with Crippen LogP contribution in [0.25, 0.3) is 0 Å². The molecule has 1 spiro atoms. The van der Waals surface area contributed by atoms with Crippen LogP contribution in [-0.2, 0) is 0 Å². The van der Waals surface area contributed by atoms with Crippen molar-refractivity contribution in [2.24, 2.45) is 23.2 Å². The first kappa shape index (κ1) is 13.1. The van der Waals surface area contributed by atoms with Crippen molar-refractivity contribution >= 4 is 0 Å². The van der Waals surface area contributed by atoms with Gasteiger partial charge in [-0.05, 0) is 44.4 Å². The second kappa shape index (κ2) is 4.76. The maximum Gasteiger partial charge on any atom is 0.0746 e. The van der Waals surface area contributed by atoms with E-state index in [1.165, 1.54) is 25.7 Å². The Balaban J connectivity index is 2.33. The Hall–Kier alpha value is -0.300. The lowest BCUT2D eigenvalue weighted by molar-refractivity contribution is -0.661. The number of nitrogens with two attached hydrogens (primary N) is 1. The minimum Gasteiger partial charge on any atom is -0.475 e. The van der Waals surface area contributed by atoms with Crippen molar-refractivity contribution in [1.82, 2.24) is 0 Å². The molecular formula is C16H29N. The molecule has 0 heterocycles. The Morgan fingerprint density at radius 3 is 2.59 bits per heavy atom. The van der Waals surface area contributed by atoms with Gasteiger partial charge in [-0.3, -0.25) is 0 Å². The van der Waals surface area contributed by atoms with Crippen LogP contribution >= 0.6 is 0 Å². The first-order valence-electron chi connectivity index (χ1n) is 7.32. The van der Waals surface area contributed by atoms with Crippen molar-refractivity contribution in [3.05, 3.63) is 18.7 Å². The Bertz CT molecular complexity index is 305. The Kier molecular flexibility index (Phi) is 3.68. The highest BCUT2D eigenvalue weighted by molar-refractivity contribution is 5.20. The summed E-state index contributed by atoms with van der Waals surface area (Å²) in [6.45, 7) is 9.54. The number of hydrogen-bond donors (Lipinski definition) is 1. The topological polar surface area (TPSA) is 16.6 Å². The van der Waals surface area contributed by atoms with Crippen LogP contribution in [0.4, 0.5) is 0 Å². The van der Waals surface area contributed by atoms with Crippen molar-refractivity contribution < 1.29 is 5.32 Å². The SMILES string of the molecule is [CH2-][NH2+][C@@H]1[C@H](C(C)C)CC[C@H](C)[C@@]12C=C(C)CC2. The third kappa shape index (κ3) is 2.07. The molecule has 17 heavy (non-hydrogen) atoms. The molecule has 2 N–H and O–H groups in total. The molecular weight excluding hydrogens is 206 g/mol. The Labute approximate surface area is 107 Å². The molecule has 2 rings (SSSR count). The fraction of sp³-hybridized carbons (Fsp3) is 0.812. The van der Waals surface area contributed by atoms with E-state index in [0.717, 1.165) is 17.8 Å². The summed E-state index contributed by atoms with van der Waals surface area (Å²) in [6.07, 6.45) is 8.07. The van der Waals surface area contributed by atoms with E-state index >= 15 is 0 Å². The highest BCUT2D eigenvalue weighted by Gasteiger charge is 2.51. The molecule has 0 aromatic carbocycles. The zero-order valence-corrected chi connectivity index (χ0v) is 12.0. The summed E-state index contributed by atoms with van der Waals surface area (Å²) in [5, 5.41) is 2.27. The Morgan fingerprint density at radius 1 is 1.41 bits per heavy atom. The lowest BCUT2D eigenvalue weighted by Gasteiger charge is -2.49. The predicted molar refractivity (Wildman–Crippen MR) is 73.2 cm³/mol. The van der Waals surface area contributed by atoms with Gasteiger partial charge in [-0.1, -0.05) is 32.4 Å². The normalized spacial score (nSPS) is 42.2. The van der Waals surface area contributed by atoms with Crippen LogP contribution in [0.3, 0.4) is 0 Å². The summed E-state index contributed by atoms with van der Waals surface area (Å²) in [6, 6.07) is 0.698. The van der Waals surface area contributed by atoms with E-state index in [1.54, 1.807) is 5.57 Å². The van der Waals surface area contributed by atoms with E-state index in [0.29, 0.717) is 11.5 Å². The van der Waals surface area contributed by atoms with Crippen LogP contribution in [0.1, 0.15) is 53.4 Å². The summed E-state index contributed by atoms with van der Waals surface area (Å²) < 4.78 is 0. The van der Waals surface area contributed by atoms with Crippen molar-refractivity contribution in [2.45, 2.75) is 59.4 Å². The van der Waals surface area contributed by atoms with Gasteiger partial charge < -0.3 is 5.32 Å². The molecule has 1 fully saturated rings. The van der Waals surface area contributed by atoms with Gasteiger partial charge in [0.2, 0.25) is 0 Å². The van der Waals surface area contributed by atoms with Crippen LogP contribution in [0.2, 0.25) is 0 Å². The molecule has 0 saturated heterocycles. The second-order valence-electron chi connectivity index (χ2n) is 6.75. The average Bonchev–Trinajstić information content (AvgIpc) is 2.65. The van der Waals surface area contributed by atoms with Crippen molar-refractivity contribution in [3.63, 3.8) is 0 Å². The summed E-state index contributed by atoms with van der Waals surface area (Å²) in [7, 11) is 4.17. The van der Waals surface area contributed by atoms with Gasteiger partial charge in [0.1, 0.15) is 0 Å². The van der Waals surface area contributed by atoms with Crippen molar-refractivity contribution in [2.75, 3.05) is 0 Å². The van der Waals surface area contributed by atoms with Crippen LogP contribution in [0, 0.1) is 30.2 Å². The fourth-order valence-electron chi connectivity index (χ4n) is 4.43. The van der Waals surface area contributed by atoms with Crippen LogP contribution in [-0.4, -0.2) is 6.04 Å². The second-order valence-corrected chi connectivity index (χ2v) is 6.75. The zero-order chi connectivity index (χ0) is 12.6. The summed E-state index contributed by atoms with van der Waals surface area (Å²) in [4.78, 5) is 0. The van der Waals surface area contributed by atoms with Gasteiger partial charge in [-0.25, -0.2) is 0 Å². The molecule has 0 unspecified atom stereocenters. The molecule has 4 atom stereocenters. The Morgan fingerprint density at radius 2 is 2.12 bits per heavy atom. The summed E-state index contributed by atoms with van der Waals surface area (Å²) >= 11 is 0. The molecule has 0 amide bonds. The van der Waals surface area contributed by atoms with Crippen LogP contribution < -0.4 is 5.32 Å². The van der Waals surface area contributed by atoms with E-state index in [2.05, 4.69) is 46.1 Å². The van der Waals surface area contributed by atoms with Crippen LogP contribution in [0.15, 0.2) is 11.6 Å². The molecule has 0 radical (unpaired) electrons. The minimum atomic E-state index is 0.443. The van der Waals surface area contributed by atoms with Crippen LogP contribution in [0.5, 0.6) is 0 Å². The average molecular weight is 235 g/mol. The van der Waals surface area contributed by atoms with Gasteiger partial charge in [0.15, 0.2) is 0 Å². The molecule has 1 heteroatoms. The number of hydrogen-bond acceptors (Lipinski definition) is 0. The molecule has 0 aliphatic heterocycles. The van der Waals surface area contributed by atoms with E-state index in [4.69, 9.17) is 0 Å². The standard InChI is InChI=1S/C16H29N/c1-11(2)14-7-6-13(4)16(15(14)17-5)9-8-12(3)10-16/h10-11,13-15H,5-9,17H2,1-4H3/t13-,14-,15+,16+/m0/s1. The van der Waals surface area contributed by atoms with Gasteiger partial charge in [0.25, 0.3) is 0 Å². The largest absolute Gasteiger partial charge is 0.475 e. The van der Waals surface area contributed by atoms with Gasteiger partial charge >= 0.3 is 0 Å². The third-order valence-corrected chi connectivity index (χ3v) is 5.51. The highest BCUT2D eigenvalue weighted by atomic mass is 14.9. The number of rotatable bonds is 2. The fourth-order valence-corrected chi connectivity index (χ4v) is 4.43. The maximum atomic E-state index is 4.17. The molecule has 0 aromatic heterocycles. The molecule has 0 aromatic rings. The lowest BCUT2D eigenvalue weighted by Crippen LogP contribution is -2.90. The molecule has 1 nitrogen and oxygen atoms in total. The monoisotopic (exact) mass is 235 g/mol. The molecule has 0 bridgehead atoms. The zero-order valence-electron chi connectivity index (χ0n) is 12.0. The van der Waals surface area contributed by atoms with Gasteiger partial charge in [-0.2, -0.15) is 7.05 Å². The van der Waals surface area contributed by atoms with E-state index in [-0.39, 0.29) is 0 Å². The van der Waals surface area contributed by atoms with Gasteiger partial charge in [0, 0.05) is 11.3 Å². The summed E-state index contributed by atoms with van der Waals surface area (Å²) in [5.74, 6) is 2.46. The van der Waals surface area contributed by atoms with Crippen molar-refractivity contribution in [1.29, 1.82) is 0 Å². The first-order chi connectivity index (χ1) is 8.01. The van der Waals surface area contributed by atoms with E-state index < -0.39 is 0 Å². The highest BCUT2D eigenvalue weighted by Crippen LogP contribution is 2.52. The quantitative estimate of drug-likeness (QED) is 0.559.